The van der Waals surface area contributed by atoms with Gasteiger partial charge in [0, 0.05) is 15.6 Å². The van der Waals surface area contributed by atoms with E-state index in [0.717, 1.165) is 17.0 Å². The SMILES string of the molecule is ClCC(=Nc1ccc(Cl)cc1)c1ccccc1Cl. The van der Waals surface area contributed by atoms with E-state index in [9.17, 15) is 0 Å². The van der Waals surface area contributed by atoms with Crippen LogP contribution in [0.15, 0.2) is 53.5 Å². The Hall–Kier alpha value is -1.02. The van der Waals surface area contributed by atoms with E-state index in [0.29, 0.717) is 15.9 Å². The summed E-state index contributed by atoms with van der Waals surface area (Å²) >= 11 is 17.9. The van der Waals surface area contributed by atoms with Gasteiger partial charge in [-0.3, -0.25) is 4.99 Å². The fourth-order valence-electron chi connectivity index (χ4n) is 1.53. The third-order valence-electron chi connectivity index (χ3n) is 2.40. The molecule has 0 aromatic heterocycles. The summed E-state index contributed by atoms with van der Waals surface area (Å²) in [5.74, 6) is 0.298. The Morgan fingerprint density at radius 3 is 2.22 bits per heavy atom. The predicted molar refractivity (Wildman–Crippen MR) is 79.8 cm³/mol. The maximum atomic E-state index is 6.13. The highest BCUT2D eigenvalue weighted by atomic mass is 35.5. The van der Waals surface area contributed by atoms with Crippen LogP contribution in [0.25, 0.3) is 0 Å². The standard InChI is InChI=1S/C14H10Cl3N/c15-9-14(12-3-1-2-4-13(12)17)18-11-7-5-10(16)6-8-11/h1-8H,9H2. The third-order valence-corrected chi connectivity index (χ3v) is 3.24. The predicted octanol–water partition coefficient (Wildman–Crippen LogP) is 5.35. The van der Waals surface area contributed by atoms with E-state index in [1.54, 1.807) is 12.1 Å². The van der Waals surface area contributed by atoms with Gasteiger partial charge in [0.15, 0.2) is 0 Å². The van der Waals surface area contributed by atoms with Crippen LogP contribution in [0.2, 0.25) is 10.0 Å². The van der Waals surface area contributed by atoms with Crippen LogP contribution in [-0.2, 0) is 0 Å². The molecule has 0 unspecified atom stereocenters. The molecule has 0 amide bonds. The Balaban J connectivity index is 2.40. The average molecular weight is 299 g/mol. The summed E-state index contributed by atoms with van der Waals surface area (Å²) in [6, 6.07) is 14.8. The molecule has 0 atom stereocenters. The van der Waals surface area contributed by atoms with Crippen LogP contribution < -0.4 is 0 Å². The molecule has 0 spiro atoms. The lowest BCUT2D eigenvalue weighted by atomic mass is 10.1. The molecule has 0 N–H and O–H groups in total. The molecule has 0 heterocycles. The number of hydrogen-bond donors (Lipinski definition) is 0. The molecule has 0 fully saturated rings. The zero-order valence-electron chi connectivity index (χ0n) is 9.41. The maximum Gasteiger partial charge on any atom is 0.0654 e. The van der Waals surface area contributed by atoms with Crippen molar-refractivity contribution < 1.29 is 0 Å². The summed E-state index contributed by atoms with van der Waals surface area (Å²) in [5.41, 5.74) is 2.39. The van der Waals surface area contributed by atoms with Gasteiger partial charge in [0.1, 0.15) is 0 Å². The first-order valence-electron chi connectivity index (χ1n) is 5.34. The van der Waals surface area contributed by atoms with E-state index in [2.05, 4.69) is 4.99 Å². The highest BCUT2D eigenvalue weighted by Crippen LogP contribution is 2.21. The highest BCUT2D eigenvalue weighted by molar-refractivity contribution is 6.38. The molecule has 2 aromatic rings. The summed E-state index contributed by atoms with van der Waals surface area (Å²) in [5, 5.41) is 1.32. The molecule has 0 radical (unpaired) electrons. The van der Waals surface area contributed by atoms with Gasteiger partial charge in [-0.05, 0) is 30.3 Å². The van der Waals surface area contributed by atoms with E-state index < -0.39 is 0 Å². The summed E-state index contributed by atoms with van der Waals surface area (Å²) in [7, 11) is 0. The second-order valence-electron chi connectivity index (χ2n) is 3.65. The van der Waals surface area contributed by atoms with Crippen molar-refractivity contribution in [2.45, 2.75) is 0 Å². The summed E-state index contributed by atoms with van der Waals surface area (Å²) in [4.78, 5) is 4.49. The Bertz CT molecular complexity index is 562. The largest absolute Gasteiger partial charge is 0.252 e. The minimum Gasteiger partial charge on any atom is -0.252 e. The summed E-state index contributed by atoms with van der Waals surface area (Å²) in [6.07, 6.45) is 0. The second-order valence-corrected chi connectivity index (χ2v) is 4.76. The lowest BCUT2D eigenvalue weighted by Crippen LogP contribution is -2.02. The Labute approximate surface area is 121 Å². The first-order chi connectivity index (χ1) is 8.70. The van der Waals surface area contributed by atoms with Crippen molar-refractivity contribution in [2.24, 2.45) is 4.99 Å². The lowest BCUT2D eigenvalue weighted by Gasteiger charge is -2.05. The van der Waals surface area contributed by atoms with Gasteiger partial charge in [-0.1, -0.05) is 41.4 Å². The Morgan fingerprint density at radius 2 is 1.61 bits per heavy atom. The molecule has 0 saturated heterocycles. The molecule has 0 aliphatic heterocycles. The fraction of sp³-hybridized carbons (Fsp3) is 0.0714. The monoisotopic (exact) mass is 297 g/mol. The zero-order valence-corrected chi connectivity index (χ0v) is 11.7. The number of alkyl halides is 1. The van der Waals surface area contributed by atoms with Gasteiger partial charge in [-0.2, -0.15) is 0 Å². The topological polar surface area (TPSA) is 12.4 Å². The van der Waals surface area contributed by atoms with E-state index >= 15 is 0 Å². The molecule has 0 aliphatic carbocycles. The smallest absolute Gasteiger partial charge is 0.0654 e. The van der Waals surface area contributed by atoms with Gasteiger partial charge >= 0.3 is 0 Å². The molecular formula is C14H10Cl3N. The van der Waals surface area contributed by atoms with Gasteiger partial charge < -0.3 is 0 Å². The molecule has 1 nitrogen and oxygen atoms in total. The van der Waals surface area contributed by atoms with Gasteiger partial charge in [0.2, 0.25) is 0 Å². The summed E-state index contributed by atoms with van der Waals surface area (Å²) < 4.78 is 0. The average Bonchev–Trinajstić information content (AvgIpc) is 2.39. The zero-order chi connectivity index (χ0) is 13.0. The van der Waals surface area contributed by atoms with E-state index in [1.807, 2.05) is 36.4 Å². The van der Waals surface area contributed by atoms with Gasteiger partial charge in [-0.15, -0.1) is 11.6 Å². The number of benzene rings is 2. The minimum absolute atomic E-state index is 0.298. The Kier molecular flexibility index (Phi) is 4.65. The van der Waals surface area contributed by atoms with Crippen molar-refractivity contribution in [3.63, 3.8) is 0 Å². The summed E-state index contributed by atoms with van der Waals surface area (Å²) in [6.45, 7) is 0. The van der Waals surface area contributed by atoms with Crippen molar-refractivity contribution >= 4 is 46.2 Å². The number of hydrogen-bond acceptors (Lipinski definition) is 1. The highest BCUT2D eigenvalue weighted by Gasteiger charge is 2.06. The molecule has 0 aliphatic rings. The molecule has 2 aromatic carbocycles. The maximum absolute atomic E-state index is 6.13. The van der Waals surface area contributed by atoms with Crippen molar-refractivity contribution in [1.82, 2.24) is 0 Å². The molecule has 92 valence electrons. The first-order valence-corrected chi connectivity index (χ1v) is 6.64. The van der Waals surface area contributed by atoms with Crippen molar-refractivity contribution in [1.29, 1.82) is 0 Å². The lowest BCUT2D eigenvalue weighted by molar-refractivity contribution is 1.48. The van der Waals surface area contributed by atoms with Crippen LogP contribution in [-0.4, -0.2) is 11.6 Å². The number of nitrogens with zero attached hydrogens (tertiary/aromatic N) is 1. The van der Waals surface area contributed by atoms with Crippen LogP contribution in [0.4, 0.5) is 5.69 Å². The van der Waals surface area contributed by atoms with Gasteiger partial charge in [-0.25, -0.2) is 0 Å². The molecular weight excluding hydrogens is 289 g/mol. The normalized spacial score (nSPS) is 11.6. The second kappa shape index (κ2) is 6.24. The van der Waals surface area contributed by atoms with Crippen LogP contribution in [0.3, 0.4) is 0 Å². The van der Waals surface area contributed by atoms with Crippen LogP contribution in [0.5, 0.6) is 0 Å². The molecule has 2 rings (SSSR count). The quantitative estimate of drug-likeness (QED) is 0.535. The van der Waals surface area contributed by atoms with E-state index in [-0.39, 0.29) is 0 Å². The minimum atomic E-state index is 0.298. The van der Waals surface area contributed by atoms with Crippen molar-refractivity contribution in [3.8, 4) is 0 Å². The van der Waals surface area contributed by atoms with Gasteiger partial charge in [0.25, 0.3) is 0 Å². The van der Waals surface area contributed by atoms with Crippen molar-refractivity contribution in [3.05, 3.63) is 64.1 Å². The number of halogens is 3. The molecule has 0 saturated carbocycles. The molecule has 0 bridgehead atoms. The molecule has 18 heavy (non-hydrogen) atoms. The van der Waals surface area contributed by atoms with Crippen LogP contribution >= 0.6 is 34.8 Å². The number of rotatable bonds is 3. The van der Waals surface area contributed by atoms with Crippen LogP contribution in [0, 0.1) is 0 Å². The van der Waals surface area contributed by atoms with Gasteiger partial charge in [0.05, 0.1) is 17.3 Å². The Morgan fingerprint density at radius 1 is 0.944 bits per heavy atom. The van der Waals surface area contributed by atoms with E-state index in [4.69, 9.17) is 34.8 Å². The van der Waals surface area contributed by atoms with E-state index in [1.165, 1.54) is 0 Å². The van der Waals surface area contributed by atoms with Crippen molar-refractivity contribution in [2.75, 3.05) is 5.88 Å². The third kappa shape index (κ3) is 3.26. The number of aliphatic imine (C=N–C) groups is 1. The fourth-order valence-corrected chi connectivity index (χ4v) is 2.10. The molecule has 4 heteroatoms. The first kappa shape index (κ1) is 13.4. The van der Waals surface area contributed by atoms with Crippen LogP contribution in [0.1, 0.15) is 5.56 Å².